The summed E-state index contributed by atoms with van der Waals surface area (Å²) < 4.78 is 80.5. The molecule has 1 N–H and O–H groups in total. The van der Waals surface area contributed by atoms with Crippen molar-refractivity contribution in [1.29, 1.82) is 0 Å². The first-order valence-electron chi connectivity index (χ1n) is 10.4. The second-order valence-electron chi connectivity index (χ2n) is 8.15. The summed E-state index contributed by atoms with van der Waals surface area (Å²) in [6, 6.07) is 5.72. The summed E-state index contributed by atoms with van der Waals surface area (Å²) in [6.45, 7) is 4.17. The second-order valence-corrected chi connectivity index (χ2v) is 8.15. The molecular weight excluding hydrogens is 478 g/mol. The molecule has 186 valence electrons. The highest BCUT2D eigenvalue weighted by Crippen LogP contribution is 2.36. The second kappa shape index (κ2) is 9.20. The van der Waals surface area contributed by atoms with Crippen molar-refractivity contribution in [3.05, 3.63) is 102 Å². The fraction of sp³-hybridized carbons (Fsp3) is 0.292. The first-order valence-corrected chi connectivity index (χ1v) is 10.4. The lowest BCUT2D eigenvalue weighted by atomic mass is 9.98. The van der Waals surface area contributed by atoms with E-state index in [-0.39, 0.29) is 23.6 Å². The van der Waals surface area contributed by atoms with Crippen molar-refractivity contribution in [3.63, 3.8) is 0 Å². The molecule has 1 aromatic heterocycles. The van der Waals surface area contributed by atoms with Crippen LogP contribution in [0.1, 0.15) is 56.4 Å². The Bertz CT molecular complexity index is 1360. The van der Waals surface area contributed by atoms with Gasteiger partial charge in [0.25, 0.3) is 5.56 Å². The molecule has 0 saturated heterocycles. The molecule has 0 fully saturated rings. The largest absolute Gasteiger partial charge is 0.416 e. The molecule has 11 heteroatoms. The van der Waals surface area contributed by atoms with Crippen LogP contribution in [0.5, 0.6) is 0 Å². The third-order valence-electron chi connectivity index (χ3n) is 5.34. The minimum atomic E-state index is -5.09. The Morgan fingerprint density at radius 1 is 0.857 bits per heavy atom. The van der Waals surface area contributed by atoms with Gasteiger partial charge in [-0.2, -0.15) is 26.3 Å². The van der Waals surface area contributed by atoms with E-state index in [0.717, 1.165) is 0 Å². The van der Waals surface area contributed by atoms with Crippen molar-refractivity contribution >= 4 is 5.78 Å². The number of aromatic amines is 1. The molecule has 0 radical (unpaired) electrons. The Kier molecular flexibility index (Phi) is 6.83. The zero-order valence-corrected chi connectivity index (χ0v) is 18.8. The van der Waals surface area contributed by atoms with Crippen LogP contribution in [0.2, 0.25) is 0 Å². The lowest BCUT2D eigenvalue weighted by molar-refractivity contribution is -0.143. The summed E-state index contributed by atoms with van der Waals surface area (Å²) in [6.07, 6.45) is -10.2. The van der Waals surface area contributed by atoms with Crippen LogP contribution < -0.4 is 11.2 Å². The lowest BCUT2D eigenvalue weighted by Crippen LogP contribution is -2.37. The van der Waals surface area contributed by atoms with E-state index >= 15 is 0 Å². The molecule has 0 atom stereocenters. The van der Waals surface area contributed by atoms with Crippen LogP contribution in [-0.2, 0) is 25.3 Å². The number of hydrogen-bond donors (Lipinski definition) is 1. The quantitative estimate of drug-likeness (QED) is 0.396. The van der Waals surface area contributed by atoms with Gasteiger partial charge < -0.3 is 0 Å². The standard InChI is InChI=1S/C24H20F6N2O3/c1-4-18-19(20(33)15-6-12(2)5-13(3)7-15)32(22(35)31-21(18)34)11-14-8-16(23(25,26)27)10-17(9-14)24(28,29)30/h5-10H,4,11H2,1-3H3,(H,31,34,35). The number of ketones is 1. The highest BCUT2D eigenvalue weighted by molar-refractivity contribution is 6.09. The summed E-state index contributed by atoms with van der Waals surface area (Å²) in [4.78, 5) is 40.5. The highest BCUT2D eigenvalue weighted by Gasteiger charge is 2.37. The van der Waals surface area contributed by atoms with Crippen molar-refractivity contribution in [2.45, 2.75) is 46.1 Å². The Hall–Kier alpha value is -3.63. The van der Waals surface area contributed by atoms with E-state index in [9.17, 15) is 40.7 Å². The molecule has 0 unspecified atom stereocenters. The highest BCUT2D eigenvalue weighted by atomic mass is 19.4. The number of halogens is 6. The average Bonchev–Trinajstić information content (AvgIpc) is 2.72. The van der Waals surface area contributed by atoms with E-state index in [2.05, 4.69) is 0 Å². The summed E-state index contributed by atoms with van der Waals surface area (Å²) in [5, 5.41) is 0. The monoisotopic (exact) mass is 498 g/mol. The Labute approximate surface area is 195 Å². The fourth-order valence-electron chi connectivity index (χ4n) is 3.89. The van der Waals surface area contributed by atoms with E-state index in [0.29, 0.717) is 27.8 Å². The van der Waals surface area contributed by atoms with Crippen molar-refractivity contribution in [3.8, 4) is 0 Å². The van der Waals surface area contributed by atoms with Gasteiger partial charge in [0.2, 0.25) is 5.78 Å². The molecule has 1 heterocycles. The number of aryl methyl sites for hydroxylation is 2. The zero-order valence-electron chi connectivity index (χ0n) is 18.8. The molecule has 0 aliphatic rings. The molecule has 2 aromatic carbocycles. The molecular formula is C24H20F6N2O3. The molecule has 3 aromatic rings. The maximum atomic E-state index is 13.4. The van der Waals surface area contributed by atoms with Crippen LogP contribution in [0.15, 0.2) is 46.0 Å². The van der Waals surface area contributed by atoms with Crippen LogP contribution in [0, 0.1) is 13.8 Å². The van der Waals surface area contributed by atoms with E-state index in [1.807, 2.05) is 4.98 Å². The number of hydrogen-bond acceptors (Lipinski definition) is 3. The number of aromatic nitrogens is 2. The Balaban J connectivity index is 2.28. The van der Waals surface area contributed by atoms with Crippen LogP contribution in [0.25, 0.3) is 0 Å². The number of carbonyl (C=O) groups is 1. The van der Waals surface area contributed by atoms with Gasteiger partial charge in [0, 0.05) is 11.1 Å². The van der Waals surface area contributed by atoms with Crippen molar-refractivity contribution in [2.24, 2.45) is 0 Å². The van der Waals surface area contributed by atoms with Crippen molar-refractivity contribution < 1.29 is 31.1 Å². The van der Waals surface area contributed by atoms with Crippen molar-refractivity contribution in [1.82, 2.24) is 9.55 Å². The van der Waals surface area contributed by atoms with Gasteiger partial charge in [-0.15, -0.1) is 0 Å². The minimum Gasteiger partial charge on any atom is -0.287 e. The van der Waals surface area contributed by atoms with E-state index < -0.39 is 58.3 Å². The predicted molar refractivity (Wildman–Crippen MR) is 116 cm³/mol. The smallest absolute Gasteiger partial charge is 0.287 e. The van der Waals surface area contributed by atoms with Gasteiger partial charge in [-0.1, -0.05) is 24.1 Å². The average molecular weight is 498 g/mol. The first-order chi connectivity index (χ1) is 16.1. The third kappa shape index (κ3) is 5.55. The van der Waals surface area contributed by atoms with Gasteiger partial charge in [-0.05, 0) is 56.2 Å². The van der Waals surface area contributed by atoms with Crippen molar-refractivity contribution in [2.75, 3.05) is 0 Å². The van der Waals surface area contributed by atoms with Crippen LogP contribution in [0.3, 0.4) is 0 Å². The summed E-state index contributed by atoms with van der Waals surface area (Å²) in [5.74, 6) is -0.750. The molecule has 0 aliphatic heterocycles. The van der Waals surface area contributed by atoms with Gasteiger partial charge in [-0.3, -0.25) is 19.1 Å². The van der Waals surface area contributed by atoms with Gasteiger partial charge >= 0.3 is 18.0 Å². The van der Waals surface area contributed by atoms with Gasteiger partial charge in [0.15, 0.2) is 0 Å². The molecule has 0 amide bonds. The number of rotatable bonds is 5. The van der Waals surface area contributed by atoms with Crippen LogP contribution in [0.4, 0.5) is 26.3 Å². The van der Waals surface area contributed by atoms with Gasteiger partial charge in [-0.25, -0.2) is 4.79 Å². The molecule has 3 rings (SSSR count). The number of nitrogens with zero attached hydrogens (tertiary/aromatic N) is 1. The number of carbonyl (C=O) groups excluding carboxylic acids is 1. The van der Waals surface area contributed by atoms with E-state index in [1.165, 1.54) is 19.1 Å². The fourth-order valence-corrected chi connectivity index (χ4v) is 3.89. The zero-order chi connectivity index (χ0) is 26.3. The predicted octanol–water partition coefficient (Wildman–Crippen LogP) is 5.03. The van der Waals surface area contributed by atoms with E-state index in [1.54, 1.807) is 19.9 Å². The summed E-state index contributed by atoms with van der Waals surface area (Å²) >= 11 is 0. The van der Waals surface area contributed by atoms with Crippen LogP contribution >= 0.6 is 0 Å². The number of benzene rings is 2. The first kappa shape index (κ1) is 26.0. The SMILES string of the molecule is CCc1c(C(=O)c2cc(C)cc(C)c2)n(Cc2cc(C(F)(F)F)cc(C(F)(F)F)c2)c(=O)[nH]c1=O. The molecule has 0 bridgehead atoms. The minimum absolute atomic E-state index is 0.0160. The van der Waals surface area contributed by atoms with Gasteiger partial charge in [0.1, 0.15) is 5.69 Å². The molecule has 0 saturated carbocycles. The maximum Gasteiger partial charge on any atom is 0.416 e. The van der Waals surface area contributed by atoms with Crippen LogP contribution in [-0.4, -0.2) is 15.3 Å². The van der Waals surface area contributed by atoms with Gasteiger partial charge in [0.05, 0.1) is 17.7 Å². The topological polar surface area (TPSA) is 71.9 Å². The molecule has 0 aliphatic carbocycles. The number of nitrogens with one attached hydrogen (secondary N) is 1. The third-order valence-corrected chi connectivity index (χ3v) is 5.34. The number of H-pyrrole nitrogens is 1. The normalized spacial score (nSPS) is 12.1. The molecule has 5 nitrogen and oxygen atoms in total. The Morgan fingerprint density at radius 3 is 1.83 bits per heavy atom. The number of alkyl halides is 6. The Morgan fingerprint density at radius 2 is 1.37 bits per heavy atom. The maximum absolute atomic E-state index is 13.4. The molecule has 0 spiro atoms. The molecule has 35 heavy (non-hydrogen) atoms. The van der Waals surface area contributed by atoms with E-state index in [4.69, 9.17) is 0 Å². The summed E-state index contributed by atoms with van der Waals surface area (Å²) in [7, 11) is 0. The lowest BCUT2D eigenvalue weighted by Gasteiger charge is -2.18. The summed E-state index contributed by atoms with van der Waals surface area (Å²) in [5.41, 5.74) is -4.60.